The van der Waals surface area contributed by atoms with Gasteiger partial charge < -0.3 is 9.47 Å². The van der Waals surface area contributed by atoms with Gasteiger partial charge in [-0.3, -0.25) is 4.79 Å². The van der Waals surface area contributed by atoms with Gasteiger partial charge in [0.2, 0.25) is 0 Å². The summed E-state index contributed by atoms with van der Waals surface area (Å²) in [4.78, 5) is 11.3. The summed E-state index contributed by atoms with van der Waals surface area (Å²) in [5, 5.41) is 0. The molecular formula is C18H26O3. The third kappa shape index (κ3) is 4.76. The SMILES string of the molecule is CCCCOc1cccc([C@H]2CCCC[C@@H]2OC(C)=O)c1. The first-order chi connectivity index (χ1) is 10.2. The largest absolute Gasteiger partial charge is 0.494 e. The lowest BCUT2D eigenvalue weighted by Crippen LogP contribution is -2.27. The Morgan fingerprint density at radius 2 is 2.10 bits per heavy atom. The first kappa shape index (κ1) is 15.9. The molecule has 0 heterocycles. The average molecular weight is 290 g/mol. The highest BCUT2D eigenvalue weighted by Crippen LogP contribution is 2.36. The Morgan fingerprint density at radius 3 is 2.86 bits per heavy atom. The van der Waals surface area contributed by atoms with Crippen LogP contribution in [0, 0.1) is 0 Å². The maximum atomic E-state index is 11.3. The topological polar surface area (TPSA) is 35.5 Å². The number of hydrogen-bond acceptors (Lipinski definition) is 3. The maximum Gasteiger partial charge on any atom is 0.302 e. The number of rotatable bonds is 6. The van der Waals surface area contributed by atoms with Crippen molar-refractivity contribution < 1.29 is 14.3 Å². The van der Waals surface area contributed by atoms with Gasteiger partial charge in [0.05, 0.1) is 6.61 Å². The van der Waals surface area contributed by atoms with Gasteiger partial charge >= 0.3 is 5.97 Å². The molecule has 0 spiro atoms. The number of carbonyl (C=O) groups is 1. The van der Waals surface area contributed by atoms with Crippen LogP contribution in [0.2, 0.25) is 0 Å². The maximum absolute atomic E-state index is 11.3. The molecule has 116 valence electrons. The summed E-state index contributed by atoms with van der Waals surface area (Å²) in [5.41, 5.74) is 1.23. The van der Waals surface area contributed by atoms with E-state index in [0.717, 1.165) is 44.5 Å². The van der Waals surface area contributed by atoms with E-state index in [0.29, 0.717) is 5.92 Å². The Hall–Kier alpha value is -1.51. The van der Waals surface area contributed by atoms with Gasteiger partial charge in [-0.1, -0.05) is 31.9 Å². The normalized spacial score (nSPS) is 21.8. The molecule has 21 heavy (non-hydrogen) atoms. The van der Waals surface area contributed by atoms with Crippen molar-refractivity contribution in [1.82, 2.24) is 0 Å². The molecule has 0 amide bonds. The Bertz CT molecular complexity index is 456. The number of hydrogen-bond donors (Lipinski definition) is 0. The quantitative estimate of drug-likeness (QED) is 0.573. The van der Waals surface area contributed by atoms with Gasteiger partial charge in [0.15, 0.2) is 0 Å². The number of unbranched alkanes of at least 4 members (excludes halogenated alkanes) is 1. The fourth-order valence-electron chi connectivity index (χ4n) is 3.00. The predicted octanol–water partition coefficient (Wildman–Crippen LogP) is 4.45. The Balaban J connectivity index is 2.07. The first-order valence-corrected chi connectivity index (χ1v) is 8.10. The van der Waals surface area contributed by atoms with Crippen LogP contribution in [0.4, 0.5) is 0 Å². The number of benzene rings is 1. The zero-order valence-corrected chi connectivity index (χ0v) is 13.1. The molecule has 1 aliphatic carbocycles. The molecule has 3 nitrogen and oxygen atoms in total. The number of esters is 1. The van der Waals surface area contributed by atoms with E-state index in [1.165, 1.54) is 18.9 Å². The zero-order chi connectivity index (χ0) is 15.1. The van der Waals surface area contributed by atoms with E-state index >= 15 is 0 Å². The van der Waals surface area contributed by atoms with Crippen molar-refractivity contribution in [3.63, 3.8) is 0 Å². The van der Waals surface area contributed by atoms with Crippen molar-refractivity contribution in [1.29, 1.82) is 0 Å². The molecule has 0 radical (unpaired) electrons. The van der Waals surface area contributed by atoms with E-state index in [4.69, 9.17) is 9.47 Å². The average Bonchev–Trinajstić information content (AvgIpc) is 2.48. The predicted molar refractivity (Wildman–Crippen MR) is 83.6 cm³/mol. The fraction of sp³-hybridized carbons (Fsp3) is 0.611. The summed E-state index contributed by atoms with van der Waals surface area (Å²) < 4.78 is 11.3. The highest BCUT2D eigenvalue weighted by molar-refractivity contribution is 5.66. The Labute approximate surface area is 127 Å². The summed E-state index contributed by atoms with van der Waals surface area (Å²) in [5.74, 6) is 1.05. The van der Waals surface area contributed by atoms with Gasteiger partial charge in [-0.15, -0.1) is 0 Å². The molecule has 0 saturated heterocycles. The van der Waals surface area contributed by atoms with Gasteiger partial charge in [-0.2, -0.15) is 0 Å². The Kier molecular flexibility index (Phi) is 6.09. The van der Waals surface area contributed by atoms with Crippen molar-refractivity contribution in [3.8, 4) is 5.75 Å². The summed E-state index contributed by atoms with van der Waals surface area (Å²) in [7, 11) is 0. The van der Waals surface area contributed by atoms with Crippen LogP contribution in [0.15, 0.2) is 24.3 Å². The lowest BCUT2D eigenvalue weighted by atomic mass is 9.81. The Morgan fingerprint density at radius 1 is 1.29 bits per heavy atom. The zero-order valence-electron chi connectivity index (χ0n) is 13.1. The molecule has 1 aliphatic rings. The van der Waals surface area contributed by atoms with Crippen molar-refractivity contribution >= 4 is 5.97 Å². The minimum Gasteiger partial charge on any atom is -0.494 e. The summed E-state index contributed by atoms with van der Waals surface area (Å²) >= 11 is 0. The lowest BCUT2D eigenvalue weighted by Gasteiger charge is -2.31. The highest BCUT2D eigenvalue weighted by atomic mass is 16.5. The molecule has 0 aliphatic heterocycles. The second kappa shape index (κ2) is 8.06. The summed E-state index contributed by atoms with van der Waals surface area (Å²) in [6.07, 6.45) is 6.61. The van der Waals surface area contributed by atoms with Crippen LogP contribution < -0.4 is 4.74 Å². The molecule has 1 saturated carbocycles. The number of ether oxygens (including phenoxy) is 2. The van der Waals surface area contributed by atoms with Gasteiger partial charge in [0.25, 0.3) is 0 Å². The first-order valence-electron chi connectivity index (χ1n) is 8.10. The van der Waals surface area contributed by atoms with Crippen molar-refractivity contribution in [2.75, 3.05) is 6.61 Å². The highest BCUT2D eigenvalue weighted by Gasteiger charge is 2.29. The van der Waals surface area contributed by atoms with Crippen molar-refractivity contribution in [2.45, 2.75) is 64.4 Å². The minimum absolute atomic E-state index is 0.0159. The number of carbonyl (C=O) groups excluding carboxylic acids is 1. The van der Waals surface area contributed by atoms with E-state index in [1.54, 1.807) is 0 Å². The molecule has 0 N–H and O–H groups in total. The second-order valence-corrected chi connectivity index (χ2v) is 5.81. The molecule has 0 unspecified atom stereocenters. The van der Waals surface area contributed by atoms with Crippen LogP contribution >= 0.6 is 0 Å². The van der Waals surface area contributed by atoms with E-state index in [-0.39, 0.29) is 12.1 Å². The van der Waals surface area contributed by atoms with E-state index in [9.17, 15) is 4.79 Å². The molecule has 1 aromatic carbocycles. The van der Waals surface area contributed by atoms with Crippen LogP contribution in [0.5, 0.6) is 5.75 Å². The summed E-state index contributed by atoms with van der Waals surface area (Å²) in [6, 6.07) is 8.28. The third-order valence-corrected chi connectivity index (χ3v) is 4.07. The molecular weight excluding hydrogens is 264 g/mol. The van der Waals surface area contributed by atoms with Crippen LogP contribution in [0.3, 0.4) is 0 Å². The third-order valence-electron chi connectivity index (χ3n) is 4.07. The molecule has 3 heteroatoms. The van der Waals surface area contributed by atoms with Crippen LogP contribution in [0.1, 0.15) is 63.9 Å². The van der Waals surface area contributed by atoms with Gasteiger partial charge in [-0.25, -0.2) is 0 Å². The lowest BCUT2D eigenvalue weighted by molar-refractivity contribution is -0.148. The second-order valence-electron chi connectivity index (χ2n) is 5.81. The van der Waals surface area contributed by atoms with Crippen molar-refractivity contribution in [2.24, 2.45) is 0 Å². The van der Waals surface area contributed by atoms with Gasteiger partial charge in [0.1, 0.15) is 11.9 Å². The molecule has 0 aromatic heterocycles. The monoisotopic (exact) mass is 290 g/mol. The van der Waals surface area contributed by atoms with E-state index < -0.39 is 0 Å². The smallest absolute Gasteiger partial charge is 0.302 e. The standard InChI is InChI=1S/C18H26O3/c1-3-4-12-20-16-9-7-8-15(13-16)17-10-5-6-11-18(17)21-14(2)19/h7-9,13,17-18H,3-6,10-12H2,1-2H3/t17-,18+/m1/s1. The molecule has 1 aromatic rings. The van der Waals surface area contributed by atoms with E-state index in [2.05, 4.69) is 19.1 Å². The van der Waals surface area contributed by atoms with Crippen LogP contribution in [0.25, 0.3) is 0 Å². The molecule has 0 bridgehead atoms. The fourth-order valence-corrected chi connectivity index (χ4v) is 3.00. The van der Waals surface area contributed by atoms with Crippen LogP contribution in [-0.2, 0) is 9.53 Å². The molecule has 2 rings (SSSR count). The molecule has 1 fully saturated rings. The van der Waals surface area contributed by atoms with Crippen LogP contribution in [-0.4, -0.2) is 18.7 Å². The summed E-state index contributed by atoms with van der Waals surface area (Å²) in [6.45, 7) is 4.42. The van der Waals surface area contributed by atoms with E-state index in [1.807, 2.05) is 12.1 Å². The van der Waals surface area contributed by atoms with Gasteiger partial charge in [-0.05, 0) is 43.4 Å². The van der Waals surface area contributed by atoms with Gasteiger partial charge in [0, 0.05) is 12.8 Å². The molecule has 2 atom stereocenters. The minimum atomic E-state index is -0.178. The van der Waals surface area contributed by atoms with Crippen molar-refractivity contribution in [3.05, 3.63) is 29.8 Å².